The van der Waals surface area contributed by atoms with Crippen LogP contribution in [0.3, 0.4) is 0 Å². The molecule has 17 rings (SSSR count). The fourth-order valence-electron chi connectivity index (χ4n) is 12.9. The summed E-state index contributed by atoms with van der Waals surface area (Å²) in [6, 6.07) is 46.4. The second-order valence-electron chi connectivity index (χ2n) is 21.4. The van der Waals surface area contributed by atoms with Crippen LogP contribution in [0.5, 0.6) is 0 Å². The molecule has 0 fully saturated rings. The van der Waals surface area contributed by atoms with Crippen molar-refractivity contribution in [1.82, 2.24) is 18.3 Å². The van der Waals surface area contributed by atoms with E-state index in [1.165, 1.54) is 4.57 Å². The summed E-state index contributed by atoms with van der Waals surface area (Å²) in [6.45, 7) is 16.5. The molecule has 374 valence electrons. The van der Waals surface area contributed by atoms with E-state index in [4.69, 9.17) is 11.6 Å². The van der Waals surface area contributed by atoms with Gasteiger partial charge < -0.3 is 27.1 Å². The molecule has 6 heterocycles. The van der Waals surface area contributed by atoms with E-state index in [1.807, 2.05) is 130 Å². The van der Waals surface area contributed by atoms with Crippen LogP contribution in [0.25, 0.3) is 159 Å². The molecule has 80 heavy (non-hydrogen) atoms. The van der Waals surface area contributed by atoms with Crippen LogP contribution >= 0.6 is 0 Å². The summed E-state index contributed by atoms with van der Waals surface area (Å²) in [4.78, 5) is 4.64. The van der Waals surface area contributed by atoms with E-state index in [0.717, 1.165) is 48.7 Å². The summed E-state index contributed by atoms with van der Waals surface area (Å²) in [5.41, 5.74) is 5.11. The number of benzene rings is 11. The molecule has 0 aliphatic heterocycles. The topological polar surface area (TPSA) is 74.1 Å². The lowest BCUT2D eigenvalue weighted by Crippen LogP contribution is -2.15. The number of furan rings is 2. The number of hydrogen-bond donors (Lipinski definition) is 0. The molecule has 0 radical (unpaired) electrons. The zero-order valence-corrected chi connectivity index (χ0v) is 42.9. The molecule has 0 amide bonds. The van der Waals surface area contributed by atoms with Crippen molar-refractivity contribution in [2.24, 2.45) is 0 Å². The first-order valence-corrected chi connectivity index (χ1v) is 26.2. The van der Waals surface area contributed by atoms with Gasteiger partial charge in [0.1, 0.15) is 17.2 Å². The Balaban J connectivity index is 1.24. The Morgan fingerprint density at radius 1 is 0.425 bits per heavy atom. The highest BCUT2D eigenvalue weighted by Crippen LogP contribution is 2.54. The third kappa shape index (κ3) is 5.71. The van der Waals surface area contributed by atoms with Gasteiger partial charge in [0, 0.05) is 64.6 Å². The molecule has 0 bridgehead atoms. The van der Waals surface area contributed by atoms with Crippen molar-refractivity contribution in [3.8, 4) is 28.8 Å². The van der Waals surface area contributed by atoms with E-state index in [2.05, 4.69) is 66.6 Å². The Morgan fingerprint density at radius 3 is 1.59 bits per heavy atom. The van der Waals surface area contributed by atoms with E-state index in [-0.39, 0.29) is 77.5 Å². The first-order valence-electron chi connectivity index (χ1n) is 31.2. The van der Waals surface area contributed by atoms with Crippen LogP contribution in [0.1, 0.15) is 45.6 Å². The van der Waals surface area contributed by atoms with Gasteiger partial charge in [-0.2, -0.15) is 5.26 Å². The van der Waals surface area contributed by atoms with Crippen molar-refractivity contribution >= 4 is 137 Å². The molecule has 0 N–H and O–H groups in total. The van der Waals surface area contributed by atoms with E-state index >= 15 is 0 Å². The second-order valence-corrected chi connectivity index (χ2v) is 21.4. The molecule has 8 heteroatoms. The number of nitriles is 1. The minimum absolute atomic E-state index is 0.161. The van der Waals surface area contributed by atoms with Gasteiger partial charge in [0.15, 0.2) is 11.2 Å². The summed E-state index contributed by atoms with van der Waals surface area (Å²) in [7, 11) is 0. The van der Waals surface area contributed by atoms with E-state index in [9.17, 15) is 22.8 Å². The molecule has 0 unspecified atom stereocenters. The quantitative estimate of drug-likeness (QED) is 0.165. The minimum Gasteiger partial charge on any atom is -0.454 e. The third-order valence-corrected chi connectivity index (χ3v) is 16.3. The molecule has 0 saturated carbocycles. The summed E-state index contributed by atoms with van der Waals surface area (Å²) in [6.07, 6.45) is 0. The van der Waals surface area contributed by atoms with Crippen molar-refractivity contribution < 1.29 is 22.5 Å². The van der Waals surface area contributed by atoms with Gasteiger partial charge in [-0.25, -0.2) is 4.85 Å². The van der Waals surface area contributed by atoms with Crippen LogP contribution in [0.4, 0.5) is 5.69 Å². The fourth-order valence-corrected chi connectivity index (χ4v) is 12.9. The molecule has 6 aromatic heterocycles. The van der Waals surface area contributed by atoms with Gasteiger partial charge in [-0.1, -0.05) is 166 Å². The maximum Gasteiger partial charge on any atom is 0.237 e. The number of para-hydroxylation sites is 7. The van der Waals surface area contributed by atoms with Gasteiger partial charge in [0.05, 0.1) is 92.7 Å². The van der Waals surface area contributed by atoms with Crippen LogP contribution in [0.15, 0.2) is 221 Å². The predicted molar refractivity (Wildman–Crippen MR) is 328 cm³/mol. The van der Waals surface area contributed by atoms with Gasteiger partial charge in [-0.15, -0.1) is 0 Å². The van der Waals surface area contributed by atoms with Crippen molar-refractivity contribution in [1.29, 1.82) is 5.26 Å². The van der Waals surface area contributed by atoms with E-state index in [1.54, 1.807) is 0 Å². The Morgan fingerprint density at radius 2 is 0.938 bits per heavy atom. The maximum absolute atomic E-state index is 12.9. The Bertz CT molecular complexity index is 6060. The maximum atomic E-state index is 12.9. The molecule has 0 saturated heterocycles. The zero-order valence-electron chi connectivity index (χ0n) is 52.9. The standard InChI is InChI=1S/C72H44N6O2/c1-72(2,3)41-33-38-60-53(39-41)50-35-37-52-48-25-11-18-32-62(48)80-71(52)67(50)78(60)69-65(75-55-26-12-5-19-42(55)43-20-6-13-27-56(43)75)54(40-73)64(63(74-4)68(69)76-57-28-14-7-21-44(57)45-22-8-15-29-58(45)76)77-59-30-16-9-23-46(59)49-34-36-51-47-24-10-17-31-61(47)79-70(51)66(49)77/h5-39H,1-3H3/i9D,10D,16D,17D,23D,24D,30D,31D,34D,36D. The van der Waals surface area contributed by atoms with Gasteiger partial charge in [-0.05, 0) is 77.6 Å². The molecule has 8 nitrogen and oxygen atoms in total. The molecule has 0 atom stereocenters. The van der Waals surface area contributed by atoms with Gasteiger partial charge in [0.25, 0.3) is 0 Å². The lowest BCUT2D eigenvalue weighted by Gasteiger charge is -2.27. The van der Waals surface area contributed by atoms with Crippen molar-refractivity contribution in [3.63, 3.8) is 0 Å². The summed E-state index contributed by atoms with van der Waals surface area (Å²) in [5, 5.41) is 18.8. The average Bonchev–Trinajstić information content (AvgIpc) is 1.48. The second kappa shape index (κ2) is 15.9. The highest BCUT2D eigenvalue weighted by Gasteiger charge is 2.36. The molecule has 0 aliphatic carbocycles. The molecule has 0 spiro atoms. The van der Waals surface area contributed by atoms with E-state index < -0.39 is 60.4 Å². The minimum atomic E-state index is -0.672. The van der Waals surface area contributed by atoms with Crippen LogP contribution < -0.4 is 0 Å². The molecule has 11 aromatic carbocycles. The number of hydrogen-bond acceptors (Lipinski definition) is 3. The van der Waals surface area contributed by atoms with Crippen LogP contribution in [-0.4, -0.2) is 18.3 Å². The monoisotopic (exact) mass is 1030 g/mol. The SMILES string of the molecule is [2H]c1c([2H])c([2H])c2c(oc3c2c([2H])c([2H])c2c4c([2H])c([2H])c([2H])c([2H])c4n(-c4c(C#N)c(-n5c6ccccc6c6ccccc65)c(-n5c6ccc(C(C)(C)C)cc6c6ccc7c8ccccc8oc7c65)c(-n5c6ccccc6c6ccccc65)c4[N+]#[C-])c32)c1[2H]. The molecular weight excluding hydrogens is 981 g/mol. The number of nitrogens with zero attached hydrogens (tertiary/aromatic N) is 6. The van der Waals surface area contributed by atoms with Gasteiger partial charge >= 0.3 is 0 Å². The number of aromatic nitrogens is 4. The van der Waals surface area contributed by atoms with Crippen LogP contribution in [-0.2, 0) is 5.41 Å². The lowest BCUT2D eigenvalue weighted by atomic mass is 9.86. The van der Waals surface area contributed by atoms with E-state index in [0.29, 0.717) is 50.0 Å². The Kier molecular flexibility index (Phi) is 7.06. The molecule has 0 aliphatic rings. The normalized spacial score (nSPS) is 14.2. The van der Waals surface area contributed by atoms with Crippen LogP contribution in [0.2, 0.25) is 0 Å². The number of fused-ring (bicyclic) bond motifs is 20. The zero-order chi connectivity index (χ0) is 62.0. The summed E-state index contributed by atoms with van der Waals surface area (Å²) >= 11 is 0. The predicted octanol–water partition coefficient (Wildman–Crippen LogP) is 19.6. The summed E-state index contributed by atoms with van der Waals surface area (Å²) < 4.78 is 116. The fraction of sp³-hybridized carbons (Fsp3) is 0.0556. The van der Waals surface area contributed by atoms with Crippen molar-refractivity contribution in [2.75, 3.05) is 0 Å². The molecule has 17 aromatic rings. The lowest BCUT2D eigenvalue weighted by molar-refractivity contribution is 0.591. The van der Waals surface area contributed by atoms with Crippen molar-refractivity contribution in [2.45, 2.75) is 26.2 Å². The van der Waals surface area contributed by atoms with Gasteiger partial charge in [0.2, 0.25) is 5.69 Å². The first kappa shape index (κ1) is 35.5. The first-order chi connectivity index (χ1) is 43.5. The van der Waals surface area contributed by atoms with Crippen molar-refractivity contribution in [3.05, 3.63) is 235 Å². The highest BCUT2D eigenvalue weighted by atomic mass is 16.3. The number of rotatable bonds is 4. The van der Waals surface area contributed by atoms with Gasteiger partial charge in [-0.3, -0.25) is 0 Å². The highest BCUT2D eigenvalue weighted by molar-refractivity contribution is 6.25. The Labute approximate surface area is 470 Å². The summed E-state index contributed by atoms with van der Waals surface area (Å²) in [5.74, 6) is 0. The molecular formula is C72H44N6O2. The third-order valence-electron chi connectivity index (χ3n) is 16.3. The smallest absolute Gasteiger partial charge is 0.237 e. The average molecular weight is 1040 g/mol. The Hall–Kier alpha value is -10.8. The van der Waals surface area contributed by atoms with Crippen LogP contribution in [0, 0.1) is 17.9 Å². The largest absolute Gasteiger partial charge is 0.454 e.